The summed E-state index contributed by atoms with van der Waals surface area (Å²) in [4.78, 5) is 16.0. The number of aromatic nitrogens is 2. The first-order valence-electron chi connectivity index (χ1n) is 13.3. The second kappa shape index (κ2) is 11.3. The van der Waals surface area contributed by atoms with Crippen LogP contribution in [0.25, 0.3) is 10.9 Å². The standard InChI is InChI=1S/C29H39FN4O5/c1-8-38-23-16-20-24(25(30)27(23)39-9-2)28(31)34(32(20)6)17-22(35)18-14-19(29(3,4)5)26(36-7)21(15-18)33-10-12-37-13-11-33/h14-16,31H,8-13,17H2,1-7H3. The molecule has 0 bridgehead atoms. The number of aryl methyl sites for hydroxylation is 1. The Morgan fingerprint density at radius 3 is 2.33 bits per heavy atom. The number of benzene rings is 2. The van der Waals surface area contributed by atoms with Crippen LogP contribution < -0.4 is 24.6 Å². The van der Waals surface area contributed by atoms with Gasteiger partial charge in [0.1, 0.15) is 12.3 Å². The Balaban J connectivity index is 1.82. The van der Waals surface area contributed by atoms with Crippen molar-refractivity contribution in [1.29, 1.82) is 5.41 Å². The van der Waals surface area contributed by atoms with Crippen molar-refractivity contribution in [3.63, 3.8) is 0 Å². The van der Waals surface area contributed by atoms with Crippen LogP contribution in [0.1, 0.15) is 50.5 Å². The molecule has 0 spiro atoms. The van der Waals surface area contributed by atoms with Gasteiger partial charge in [0.25, 0.3) is 0 Å². The van der Waals surface area contributed by atoms with E-state index in [0.717, 1.165) is 17.0 Å². The number of nitrogens with one attached hydrogen (secondary N) is 1. The molecule has 10 heteroatoms. The van der Waals surface area contributed by atoms with Crippen LogP contribution in [-0.2, 0) is 23.7 Å². The number of ketones is 1. The molecule has 212 valence electrons. The quantitative estimate of drug-likeness (QED) is 0.403. The Morgan fingerprint density at radius 1 is 1.08 bits per heavy atom. The van der Waals surface area contributed by atoms with Gasteiger partial charge >= 0.3 is 0 Å². The third-order valence-electron chi connectivity index (χ3n) is 7.01. The number of ether oxygens (including phenoxy) is 4. The number of rotatable bonds is 9. The molecule has 1 aliphatic rings. The molecule has 1 N–H and O–H groups in total. The third kappa shape index (κ3) is 5.34. The van der Waals surface area contributed by atoms with Crippen molar-refractivity contribution >= 4 is 22.4 Å². The van der Waals surface area contributed by atoms with E-state index in [1.54, 1.807) is 31.8 Å². The zero-order valence-corrected chi connectivity index (χ0v) is 23.9. The summed E-state index contributed by atoms with van der Waals surface area (Å²) in [6.45, 7) is 12.8. The number of nitrogens with zero attached hydrogens (tertiary/aromatic N) is 3. The smallest absolute Gasteiger partial charge is 0.198 e. The minimum absolute atomic E-state index is 0.0236. The average Bonchev–Trinajstić information content (AvgIpc) is 3.14. The molecule has 0 radical (unpaired) electrons. The summed E-state index contributed by atoms with van der Waals surface area (Å²) in [6.07, 6.45) is 0. The molecular weight excluding hydrogens is 503 g/mol. The number of morpholine rings is 1. The maximum Gasteiger partial charge on any atom is 0.198 e. The molecule has 0 amide bonds. The lowest BCUT2D eigenvalue weighted by Gasteiger charge is -2.33. The Hall–Kier alpha value is -3.53. The molecule has 2 heterocycles. The first kappa shape index (κ1) is 28.5. The highest BCUT2D eigenvalue weighted by molar-refractivity contribution is 5.98. The first-order chi connectivity index (χ1) is 18.5. The SMILES string of the molecule is CCOc1cc2c(c(F)c1OCC)c(=N)n(CC(=O)c1cc(N3CCOCC3)c(OC)c(C(C)(C)C)c1)n2C. The molecule has 0 aliphatic carbocycles. The lowest BCUT2D eigenvalue weighted by Crippen LogP contribution is -2.37. The van der Waals surface area contributed by atoms with E-state index < -0.39 is 5.82 Å². The molecule has 9 nitrogen and oxygen atoms in total. The summed E-state index contributed by atoms with van der Waals surface area (Å²) in [5, 5.41) is 8.86. The number of hydrogen-bond donors (Lipinski definition) is 1. The summed E-state index contributed by atoms with van der Waals surface area (Å²) in [6, 6.07) is 5.39. The van der Waals surface area contributed by atoms with Crippen molar-refractivity contribution in [2.45, 2.75) is 46.6 Å². The van der Waals surface area contributed by atoms with Gasteiger partial charge in [-0.25, -0.2) is 4.39 Å². The number of methoxy groups -OCH3 is 1. The van der Waals surface area contributed by atoms with Crippen LogP contribution in [0.3, 0.4) is 0 Å². The predicted octanol–water partition coefficient (Wildman–Crippen LogP) is 4.42. The molecule has 1 saturated heterocycles. The van der Waals surface area contributed by atoms with Crippen LogP contribution in [0.15, 0.2) is 18.2 Å². The fraction of sp³-hybridized carbons (Fsp3) is 0.517. The van der Waals surface area contributed by atoms with Crippen LogP contribution in [0, 0.1) is 11.2 Å². The van der Waals surface area contributed by atoms with Gasteiger partial charge in [-0.2, -0.15) is 0 Å². The highest BCUT2D eigenvalue weighted by atomic mass is 19.1. The number of halogens is 1. The van der Waals surface area contributed by atoms with Gasteiger partial charge < -0.3 is 23.8 Å². The van der Waals surface area contributed by atoms with Crippen LogP contribution >= 0.6 is 0 Å². The lowest BCUT2D eigenvalue weighted by molar-refractivity contribution is 0.0961. The number of hydrogen-bond acceptors (Lipinski definition) is 7. The van der Waals surface area contributed by atoms with Gasteiger partial charge in [0, 0.05) is 37.3 Å². The first-order valence-corrected chi connectivity index (χ1v) is 13.3. The summed E-state index contributed by atoms with van der Waals surface area (Å²) in [7, 11) is 3.35. The van der Waals surface area contributed by atoms with Crippen LogP contribution in [0.4, 0.5) is 10.1 Å². The molecule has 0 saturated carbocycles. The summed E-state index contributed by atoms with van der Waals surface area (Å²) in [5.74, 6) is 0.123. The molecule has 1 fully saturated rings. The Morgan fingerprint density at radius 2 is 1.74 bits per heavy atom. The molecule has 1 aromatic heterocycles. The molecular formula is C29H39FN4O5. The normalized spacial score (nSPS) is 14.1. The zero-order chi connectivity index (χ0) is 28.5. The number of fused-ring (bicyclic) bond motifs is 1. The molecule has 0 atom stereocenters. The highest BCUT2D eigenvalue weighted by Crippen LogP contribution is 2.41. The van der Waals surface area contributed by atoms with Crippen LogP contribution in [0.5, 0.6) is 17.2 Å². The number of carbonyl (C=O) groups excluding carboxylic acids is 1. The zero-order valence-electron chi connectivity index (χ0n) is 23.9. The van der Waals surface area contributed by atoms with Crippen LogP contribution in [-0.4, -0.2) is 61.8 Å². The van der Waals surface area contributed by atoms with E-state index in [1.807, 2.05) is 19.1 Å². The van der Waals surface area contributed by atoms with E-state index in [2.05, 4.69) is 25.7 Å². The van der Waals surface area contributed by atoms with E-state index in [9.17, 15) is 4.79 Å². The second-order valence-electron chi connectivity index (χ2n) is 10.6. The third-order valence-corrected chi connectivity index (χ3v) is 7.01. The maximum absolute atomic E-state index is 15.6. The largest absolute Gasteiger partial charge is 0.494 e. The van der Waals surface area contributed by atoms with Gasteiger partial charge in [-0.1, -0.05) is 20.8 Å². The van der Waals surface area contributed by atoms with Gasteiger partial charge in [0.05, 0.1) is 50.1 Å². The summed E-state index contributed by atoms with van der Waals surface area (Å²) in [5.41, 5.74) is 2.31. The Bertz CT molecular complexity index is 1430. The fourth-order valence-corrected chi connectivity index (χ4v) is 5.02. The van der Waals surface area contributed by atoms with E-state index in [4.69, 9.17) is 24.4 Å². The van der Waals surface area contributed by atoms with Gasteiger partial charge in [0.15, 0.2) is 28.6 Å². The van der Waals surface area contributed by atoms with Crippen molar-refractivity contribution in [3.8, 4) is 17.2 Å². The van der Waals surface area contributed by atoms with Crippen LogP contribution in [0.2, 0.25) is 0 Å². The van der Waals surface area contributed by atoms with E-state index >= 15 is 4.39 Å². The number of anilines is 1. The fourth-order valence-electron chi connectivity index (χ4n) is 5.02. The molecule has 4 rings (SSSR count). The highest BCUT2D eigenvalue weighted by Gasteiger charge is 2.28. The van der Waals surface area contributed by atoms with Crippen molar-refractivity contribution in [3.05, 3.63) is 40.6 Å². The van der Waals surface area contributed by atoms with Gasteiger partial charge in [-0.3, -0.25) is 19.6 Å². The summed E-state index contributed by atoms with van der Waals surface area (Å²) < 4.78 is 41.3. The van der Waals surface area contributed by atoms with Gasteiger partial charge in [-0.05, 0) is 31.4 Å². The molecule has 0 unspecified atom stereocenters. The molecule has 1 aliphatic heterocycles. The Labute approximate surface area is 228 Å². The monoisotopic (exact) mass is 542 g/mol. The number of Topliss-reactive ketones (excluding diaryl/α,β-unsaturated/α-hetero) is 1. The van der Waals surface area contributed by atoms with E-state index in [0.29, 0.717) is 44.0 Å². The second-order valence-corrected chi connectivity index (χ2v) is 10.6. The molecule has 39 heavy (non-hydrogen) atoms. The topological polar surface area (TPSA) is 90.9 Å². The lowest BCUT2D eigenvalue weighted by atomic mass is 9.84. The van der Waals surface area contributed by atoms with Crippen molar-refractivity contribution in [2.24, 2.45) is 7.05 Å². The minimum atomic E-state index is -0.668. The minimum Gasteiger partial charge on any atom is -0.494 e. The Kier molecular flexibility index (Phi) is 8.25. The average molecular weight is 543 g/mol. The van der Waals surface area contributed by atoms with E-state index in [-0.39, 0.29) is 46.7 Å². The predicted molar refractivity (Wildman–Crippen MR) is 148 cm³/mol. The van der Waals surface area contributed by atoms with Crippen molar-refractivity contribution < 1.29 is 28.1 Å². The maximum atomic E-state index is 15.6. The molecule has 3 aromatic rings. The van der Waals surface area contributed by atoms with Gasteiger partial charge in [0.2, 0.25) is 0 Å². The summed E-state index contributed by atoms with van der Waals surface area (Å²) >= 11 is 0. The van der Waals surface area contributed by atoms with Crippen molar-refractivity contribution in [2.75, 3.05) is 51.5 Å². The molecule has 2 aromatic carbocycles. The number of carbonyl (C=O) groups is 1. The van der Waals surface area contributed by atoms with Gasteiger partial charge in [-0.15, -0.1) is 0 Å². The van der Waals surface area contributed by atoms with Crippen molar-refractivity contribution in [1.82, 2.24) is 9.36 Å². The van der Waals surface area contributed by atoms with E-state index in [1.165, 1.54) is 4.68 Å².